The van der Waals surface area contributed by atoms with Gasteiger partial charge in [0.25, 0.3) is 0 Å². The second kappa shape index (κ2) is 7.96. The SMILES string of the molecule is COC(=O)COc1ccccc1-c1noc2ccc(-n3c(O)c4c(c3O)CCCC4)cc12. The Kier molecular flexibility index (Phi) is 4.97. The number of fused-ring (bicyclic) bond motifs is 2. The Labute approximate surface area is 183 Å². The molecule has 164 valence electrons. The van der Waals surface area contributed by atoms with E-state index in [1.165, 1.54) is 11.7 Å². The molecule has 5 rings (SSSR count). The van der Waals surface area contributed by atoms with Gasteiger partial charge in [0.05, 0.1) is 18.2 Å². The van der Waals surface area contributed by atoms with Gasteiger partial charge in [-0.15, -0.1) is 0 Å². The van der Waals surface area contributed by atoms with Crippen LogP contribution in [0.15, 0.2) is 47.0 Å². The number of aromatic hydroxyl groups is 2. The highest BCUT2D eigenvalue weighted by atomic mass is 16.6. The number of benzene rings is 2. The molecule has 0 spiro atoms. The molecule has 4 aromatic rings. The van der Waals surface area contributed by atoms with E-state index in [4.69, 9.17) is 9.26 Å². The fourth-order valence-corrected chi connectivity index (χ4v) is 4.26. The van der Waals surface area contributed by atoms with Crippen LogP contribution in [0.1, 0.15) is 24.0 Å². The number of esters is 1. The number of carbonyl (C=O) groups excluding carboxylic acids is 1. The average molecular weight is 434 g/mol. The summed E-state index contributed by atoms with van der Waals surface area (Å²) in [7, 11) is 1.30. The molecule has 0 unspecified atom stereocenters. The van der Waals surface area contributed by atoms with E-state index in [-0.39, 0.29) is 18.4 Å². The molecule has 0 bridgehead atoms. The highest BCUT2D eigenvalue weighted by molar-refractivity contribution is 5.94. The number of carbonyl (C=O) groups is 1. The number of ether oxygens (including phenoxy) is 2. The van der Waals surface area contributed by atoms with Gasteiger partial charge < -0.3 is 24.2 Å². The van der Waals surface area contributed by atoms with Gasteiger partial charge in [-0.3, -0.25) is 4.57 Å². The first kappa shape index (κ1) is 20.0. The van der Waals surface area contributed by atoms with Crippen LogP contribution in [-0.4, -0.2) is 39.6 Å². The molecule has 1 aliphatic carbocycles. The predicted octanol–water partition coefficient (Wildman–Crippen LogP) is 4.13. The highest BCUT2D eigenvalue weighted by Crippen LogP contribution is 2.42. The molecular formula is C24H22N2O6. The largest absolute Gasteiger partial charge is 0.494 e. The zero-order valence-corrected chi connectivity index (χ0v) is 17.5. The van der Waals surface area contributed by atoms with Crippen molar-refractivity contribution in [1.29, 1.82) is 0 Å². The Morgan fingerprint density at radius 2 is 1.81 bits per heavy atom. The second-order valence-electron chi connectivity index (χ2n) is 7.72. The molecule has 0 saturated heterocycles. The van der Waals surface area contributed by atoms with Gasteiger partial charge in [0.1, 0.15) is 11.4 Å². The van der Waals surface area contributed by atoms with Crippen molar-refractivity contribution in [3.8, 4) is 34.5 Å². The molecule has 0 aliphatic heterocycles. The van der Waals surface area contributed by atoms with Gasteiger partial charge in [-0.2, -0.15) is 0 Å². The summed E-state index contributed by atoms with van der Waals surface area (Å²) in [5.74, 6) is 0.1000. The summed E-state index contributed by atoms with van der Waals surface area (Å²) in [4.78, 5) is 11.5. The summed E-state index contributed by atoms with van der Waals surface area (Å²) in [5.41, 5.74) is 3.93. The summed E-state index contributed by atoms with van der Waals surface area (Å²) < 4.78 is 17.2. The van der Waals surface area contributed by atoms with Crippen LogP contribution < -0.4 is 4.74 Å². The van der Waals surface area contributed by atoms with Crippen LogP contribution in [0.2, 0.25) is 0 Å². The van der Waals surface area contributed by atoms with Gasteiger partial charge in [-0.1, -0.05) is 17.3 Å². The van der Waals surface area contributed by atoms with E-state index < -0.39 is 5.97 Å². The molecule has 0 atom stereocenters. The van der Waals surface area contributed by atoms with Crippen LogP contribution in [0.4, 0.5) is 0 Å². The van der Waals surface area contributed by atoms with Crippen molar-refractivity contribution in [3.05, 3.63) is 53.6 Å². The standard InChI is InChI=1S/C24H22N2O6/c1-30-21(27)13-31-19-9-5-4-8-17(19)22-18-12-14(10-11-20(18)32-25-22)26-23(28)15-6-2-3-7-16(15)24(26)29/h4-5,8-12,28-29H,2-3,6-7,13H2,1H3. The van der Waals surface area contributed by atoms with E-state index >= 15 is 0 Å². The van der Waals surface area contributed by atoms with E-state index in [0.717, 1.165) is 36.8 Å². The lowest BCUT2D eigenvalue weighted by molar-refractivity contribution is -0.142. The smallest absolute Gasteiger partial charge is 0.343 e. The molecule has 2 N–H and O–H groups in total. The maximum atomic E-state index is 11.5. The van der Waals surface area contributed by atoms with Crippen molar-refractivity contribution in [1.82, 2.24) is 9.72 Å². The maximum absolute atomic E-state index is 11.5. The van der Waals surface area contributed by atoms with Crippen LogP contribution in [0.25, 0.3) is 27.9 Å². The van der Waals surface area contributed by atoms with Crippen LogP contribution >= 0.6 is 0 Å². The van der Waals surface area contributed by atoms with Crippen molar-refractivity contribution in [2.45, 2.75) is 25.7 Å². The number of aromatic nitrogens is 2. The third-order valence-corrected chi connectivity index (χ3v) is 5.86. The molecule has 0 radical (unpaired) electrons. The zero-order valence-electron chi connectivity index (χ0n) is 17.5. The quantitative estimate of drug-likeness (QED) is 0.455. The van der Waals surface area contributed by atoms with Gasteiger partial charge in [0.2, 0.25) is 11.8 Å². The van der Waals surface area contributed by atoms with Gasteiger partial charge in [-0.25, -0.2) is 4.79 Å². The minimum absolute atomic E-state index is 0.0661. The minimum atomic E-state index is -0.491. The number of rotatable bonds is 5. The first-order valence-electron chi connectivity index (χ1n) is 10.4. The van der Waals surface area contributed by atoms with Crippen LogP contribution in [0.5, 0.6) is 17.5 Å². The van der Waals surface area contributed by atoms with Crippen LogP contribution in [-0.2, 0) is 22.4 Å². The molecule has 2 aromatic carbocycles. The van der Waals surface area contributed by atoms with Crippen molar-refractivity contribution in [2.24, 2.45) is 0 Å². The Morgan fingerprint density at radius 1 is 1.09 bits per heavy atom. The molecule has 1 aliphatic rings. The lowest BCUT2D eigenvalue weighted by Gasteiger charge is -2.10. The molecule has 2 heterocycles. The highest BCUT2D eigenvalue weighted by Gasteiger charge is 2.26. The summed E-state index contributed by atoms with van der Waals surface area (Å²) in [5, 5.41) is 26.5. The summed E-state index contributed by atoms with van der Waals surface area (Å²) in [6, 6.07) is 12.5. The topological polar surface area (TPSA) is 107 Å². The third kappa shape index (κ3) is 3.24. The van der Waals surface area contributed by atoms with Crippen molar-refractivity contribution < 1.29 is 29.0 Å². The van der Waals surface area contributed by atoms with Crippen molar-refractivity contribution in [2.75, 3.05) is 13.7 Å². The first-order valence-corrected chi connectivity index (χ1v) is 10.4. The fourth-order valence-electron chi connectivity index (χ4n) is 4.26. The summed E-state index contributed by atoms with van der Waals surface area (Å²) in [6.07, 6.45) is 3.46. The van der Waals surface area contributed by atoms with E-state index in [0.29, 0.717) is 33.7 Å². The number of para-hydroxylation sites is 1. The van der Waals surface area contributed by atoms with E-state index in [2.05, 4.69) is 9.89 Å². The minimum Gasteiger partial charge on any atom is -0.494 e. The van der Waals surface area contributed by atoms with Gasteiger partial charge in [-0.05, 0) is 56.0 Å². The fraction of sp³-hybridized carbons (Fsp3) is 0.250. The van der Waals surface area contributed by atoms with Crippen LogP contribution in [0.3, 0.4) is 0 Å². The zero-order chi connectivity index (χ0) is 22.2. The number of hydrogen-bond acceptors (Lipinski definition) is 7. The third-order valence-electron chi connectivity index (χ3n) is 5.86. The van der Waals surface area contributed by atoms with E-state index in [1.807, 2.05) is 18.2 Å². The van der Waals surface area contributed by atoms with Gasteiger partial charge in [0, 0.05) is 16.7 Å². The summed E-state index contributed by atoms with van der Waals surface area (Å²) >= 11 is 0. The molecule has 32 heavy (non-hydrogen) atoms. The number of methoxy groups -OCH3 is 1. The Bertz CT molecular complexity index is 1290. The second-order valence-corrected chi connectivity index (χ2v) is 7.72. The van der Waals surface area contributed by atoms with Crippen LogP contribution in [0, 0.1) is 0 Å². The number of nitrogens with zero attached hydrogens (tertiary/aromatic N) is 2. The molecule has 8 nitrogen and oxygen atoms in total. The lowest BCUT2D eigenvalue weighted by atomic mass is 9.95. The predicted molar refractivity (Wildman–Crippen MR) is 116 cm³/mol. The molecule has 0 amide bonds. The normalized spacial score (nSPS) is 13.2. The van der Waals surface area contributed by atoms with Gasteiger partial charge in [0.15, 0.2) is 12.2 Å². The number of hydrogen-bond donors (Lipinski definition) is 2. The average Bonchev–Trinajstić information content (AvgIpc) is 3.36. The Hall–Kier alpha value is -3.94. The Balaban J connectivity index is 1.60. The molecule has 2 aromatic heterocycles. The van der Waals surface area contributed by atoms with Crippen molar-refractivity contribution in [3.63, 3.8) is 0 Å². The molecule has 0 saturated carbocycles. The van der Waals surface area contributed by atoms with E-state index in [1.54, 1.807) is 24.3 Å². The Morgan fingerprint density at radius 3 is 2.53 bits per heavy atom. The van der Waals surface area contributed by atoms with Gasteiger partial charge >= 0.3 is 5.97 Å². The van der Waals surface area contributed by atoms with Crippen molar-refractivity contribution >= 4 is 16.9 Å². The van der Waals surface area contributed by atoms with E-state index in [9.17, 15) is 15.0 Å². The molecule has 0 fully saturated rings. The summed E-state index contributed by atoms with van der Waals surface area (Å²) in [6.45, 7) is -0.231. The maximum Gasteiger partial charge on any atom is 0.343 e. The molecular weight excluding hydrogens is 412 g/mol. The lowest BCUT2D eigenvalue weighted by Crippen LogP contribution is -2.12. The monoisotopic (exact) mass is 434 g/mol. The molecule has 8 heteroatoms. The first-order chi connectivity index (χ1) is 15.6.